The minimum absolute atomic E-state index is 0.826. The molecule has 0 spiro atoms. The molecule has 2 unspecified atom stereocenters. The molecule has 0 N–H and O–H groups in total. The fraction of sp³-hybridized carbons (Fsp3) is 1.00. The number of hydrogen-bond acceptors (Lipinski definition) is 0. The van der Waals surface area contributed by atoms with Crippen LogP contribution in [-0.2, 0) is 0 Å². The van der Waals surface area contributed by atoms with Crippen molar-refractivity contribution in [1.82, 2.24) is 0 Å². The molecule has 0 aliphatic heterocycles. The second-order valence-corrected chi connectivity index (χ2v) is 3.80. The molecule has 2 aliphatic rings. The van der Waals surface area contributed by atoms with Gasteiger partial charge in [0.05, 0.1) is 0 Å². The lowest BCUT2D eigenvalue weighted by atomic mass is 9.77. The van der Waals surface area contributed by atoms with Gasteiger partial charge < -0.3 is 0 Å². The zero-order chi connectivity index (χ0) is 7.12. The van der Waals surface area contributed by atoms with Gasteiger partial charge in [-0.2, -0.15) is 0 Å². The Morgan fingerprint density at radius 1 is 0.889 bits per heavy atom. The summed E-state index contributed by atoms with van der Waals surface area (Å²) in [5.41, 5.74) is 1.65. The van der Waals surface area contributed by atoms with E-state index in [0.717, 1.165) is 10.8 Å². The van der Waals surface area contributed by atoms with E-state index in [4.69, 9.17) is 0 Å². The summed E-state index contributed by atoms with van der Waals surface area (Å²) in [6, 6.07) is 0. The molecule has 2 atom stereocenters. The monoisotopic (exact) mass is 126 g/mol. The van der Waals surface area contributed by atoms with Crippen molar-refractivity contribution < 1.29 is 0 Å². The fourth-order valence-corrected chi connectivity index (χ4v) is 1.97. The van der Waals surface area contributed by atoms with Gasteiger partial charge in [-0.3, -0.25) is 0 Å². The molecular formula is C9H18. The molecule has 0 aromatic heterocycles. The minimum atomic E-state index is 0.826. The second-order valence-electron chi connectivity index (χ2n) is 3.80. The predicted octanol–water partition coefficient (Wildman–Crippen LogP) is 3.22. The van der Waals surface area contributed by atoms with E-state index in [0.29, 0.717) is 0 Å². The Morgan fingerprint density at radius 3 is 1.22 bits per heavy atom. The first-order chi connectivity index (χ1) is 4.16. The number of rotatable bonds is 0. The largest absolute Gasteiger partial charge is 0.0683 e. The highest BCUT2D eigenvalue weighted by Crippen LogP contribution is 2.77. The van der Waals surface area contributed by atoms with Crippen LogP contribution in [0.1, 0.15) is 47.0 Å². The van der Waals surface area contributed by atoms with Gasteiger partial charge in [-0.25, -0.2) is 0 Å². The zero-order valence-electron chi connectivity index (χ0n) is 7.12. The van der Waals surface area contributed by atoms with Crippen LogP contribution < -0.4 is 0 Å². The van der Waals surface area contributed by atoms with Gasteiger partial charge in [0.15, 0.2) is 0 Å². The van der Waals surface area contributed by atoms with Crippen molar-refractivity contribution in [2.24, 2.45) is 10.8 Å². The molecule has 0 bridgehead atoms. The molecule has 2 saturated carbocycles. The molecule has 2 rings (SSSR count). The number of hydrogen-bond donors (Lipinski definition) is 0. The van der Waals surface area contributed by atoms with Gasteiger partial charge in [-0.05, 0) is 30.1 Å². The van der Waals surface area contributed by atoms with Crippen LogP contribution in [-0.4, -0.2) is 0 Å². The summed E-state index contributed by atoms with van der Waals surface area (Å²) in [5, 5.41) is 0. The lowest BCUT2D eigenvalue weighted by Crippen LogP contribution is -2.18. The quantitative estimate of drug-likeness (QED) is 0.467. The van der Waals surface area contributed by atoms with E-state index in [1.54, 1.807) is 0 Å². The maximum atomic E-state index is 2.41. The molecule has 0 aromatic carbocycles. The summed E-state index contributed by atoms with van der Waals surface area (Å²) in [6.45, 7) is 8.83. The Morgan fingerprint density at radius 2 is 1.22 bits per heavy atom. The summed E-state index contributed by atoms with van der Waals surface area (Å²) in [6.07, 6.45) is 4.52. The molecule has 0 nitrogen and oxygen atoms in total. The number of fused-ring (bicyclic) bond motifs is 1. The van der Waals surface area contributed by atoms with Crippen molar-refractivity contribution >= 4 is 0 Å². The molecule has 0 radical (unpaired) electrons. The van der Waals surface area contributed by atoms with Gasteiger partial charge in [-0.1, -0.05) is 27.7 Å². The van der Waals surface area contributed by atoms with E-state index in [1.807, 2.05) is 13.8 Å². The van der Waals surface area contributed by atoms with Gasteiger partial charge >= 0.3 is 0 Å². The first-order valence-corrected chi connectivity index (χ1v) is 4.16. The van der Waals surface area contributed by atoms with E-state index >= 15 is 0 Å². The van der Waals surface area contributed by atoms with Crippen LogP contribution in [0.15, 0.2) is 0 Å². The Hall–Kier alpha value is 0. The summed E-state index contributed by atoms with van der Waals surface area (Å²) < 4.78 is 0. The lowest BCUT2D eigenvalue weighted by Gasteiger charge is -2.28. The highest BCUT2D eigenvalue weighted by atomic mass is 14.7. The third-order valence-corrected chi connectivity index (χ3v) is 3.34. The molecule has 0 aromatic rings. The Kier molecular flexibility index (Phi) is 1.38. The molecule has 2 aliphatic carbocycles. The van der Waals surface area contributed by atoms with Crippen molar-refractivity contribution in [1.29, 1.82) is 0 Å². The molecular weight excluding hydrogens is 108 g/mol. The highest BCUT2D eigenvalue weighted by Gasteiger charge is 2.67. The third-order valence-electron chi connectivity index (χ3n) is 3.34. The zero-order valence-corrected chi connectivity index (χ0v) is 7.12. The molecule has 2 fully saturated rings. The molecule has 0 saturated heterocycles. The van der Waals surface area contributed by atoms with Crippen molar-refractivity contribution in [2.45, 2.75) is 47.0 Å². The van der Waals surface area contributed by atoms with Crippen LogP contribution in [0.25, 0.3) is 0 Å². The average molecular weight is 126 g/mol. The second kappa shape index (κ2) is 1.74. The van der Waals surface area contributed by atoms with Crippen LogP contribution in [0.4, 0.5) is 0 Å². The van der Waals surface area contributed by atoms with Gasteiger partial charge in [-0.15, -0.1) is 0 Å². The van der Waals surface area contributed by atoms with E-state index in [2.05, 4.69) is 13.8 Å². The van der Waals surface area contributed by atoms with Crippen LogP contribution in [0.5, 0.6) is 0 Å². The van der Waals surface area contributed by atoms with Crippen LogP contribution in [0.2, 0.25) is 0 Å². The molecule has 54 valence electrons. The van der Waals surface area contributed by atoms with E-state index in [1.165, 1.54) is 19.3 Å². The average Bonchev–Trinajstić information content (AvgIpc) is 2.22. The minimum Gasteiger partial charge on any atom is -0.0683 e. The van der Waals surface area contributed by atoms with Crippen molar-refractivity contribution in [3.63, 3.8) is 0 Å². The SMILES string of the molecule is CC.CC12CCC1(C)C2. The Labute approximate surface area is 58.7 Å². The van der Waals surface area contributed by atoms with E-state index in [-0.39, 0.29) is 0 Å². The fourth-order valence-electron chi connectivity index (χ4n) is 1.97. The van der Waals surface area contributed by atoms with Crippen molar-refractivity contribution in [3.05, 3.63) is 0 Å². The maximum absolute atomic E-state index is 2.41. The van der Waals surface area contributed by atoms with Crippen LogP contribution in [0, 0.1) is 10.8 Å². The van der Waals surface area contributed by atoms with Gasteiger partial charge in [0, 0.05) is 0 Å². The maximum Gasteiger partial charge on any atom is -0.0266 e. The highest BCUT2D eigenvalue weighted by molar-refractivity contribution is 5.17. The predicted molar refractivity (Wildman–Crippen MR) is 41.4 cm³/mol. The van der Waals surface area contributed by atoms with Crippen molar-refractivity contribution in [3.8, 4) is 0 Å². The molecule has 9 heavy (non-hydrogen) atoms. The first-order valence-electron chi connectivity index (χ1n) is 4.16. The summed E-state index contributed by atoms with van der Waals surface area (Å²) in [7, 11) is 0. The topological polar surface area (TPSA) is 0 Å². The Balaban J connectivity index is 0.000000186. The van der Waals surface area contributed by atoms with Crippen LogP contribution in [0.3, 0.4) is 0 Å². The molecule has 0 heterocycles. The third kappa shape index (κ3) is 0.720. The van der Waals surface area contributed by atoms with Gasteiger partial charge in [0.25, 0.3) is 0 Å². The van der Waals surface area contributed by atoms with Gasteiger partial charge in [0.1, 0.15) is 0 Å². The first kappa shape index (κ1) is 7.11. The van der Waals surface area contributed by atoms with Gasteiger partial charge in [0.2, 0.25) is 0 Å². The van der Waals surface area contributed by atoms with Crippen LogP contribution >= 0.6 is 0 Å². The lowest BCUT2D eigenvalue weighted by molar-refractivity contribution is 0.219. The van der Waals surface area contributed by atoms with E-state index < -0.39 is 0 Å². The summed E-state index contributed by atoms with van der Waals surface area (Å²) in [5.74, 6) is 0. The normalized spacial score (nSPS) is 52.0. The van der Waals surface area contributed by atoms with E-state index in [9.17, 15) is 0 Å². The Bertz CT molecular complexity index is 103. The smallest absolute Gasteiger partial charge is 0.0266 e. The molecule has 0 heteroatoms. The molecule has 0 amide bonds. The summed E-state index contributed by atoms with van der Waals surface area (Å²) >= 11 is 0. The van der Waals surface area contributed by atoms with Crippen molar-refractivity contribution in [2.75, 3.05) is 0 Å². The summed E-state index contributed by atoms with van der Waals surface area (Å²) in [4.78, 5) is 0. The standard InChI is InChI=1S/C7H12.C2H6/c1-6-3-4-7(6,2)5-6;1-2/h3-5H2,1-2H3;1-2H3.